The maximum atomic E-state index is 12.6. The summed E-state index contributed by atoms with van der Waals surface area (Å²) in [5.41, 5.74) is 3.88. The minimum absolute atomic E-state index is 0.0867. The number of rotatable bonds is 10. The molecule has 178 valence electrons. The summed E-state index contributed by atoms with van der Waals surface area (Å²) in [7, 11) is 0. The number of amides is 2. The van der Waals surface area contributed by atoms with Crippen molar-refractivity contribution >= 4 is 23.2 Å². The molecule has 33 heavy (non-hydrogen) atoms. The second-order valence-corrected chi connectivity index (χ2v) is 8.98. The summed E-state index contributed by atoms with van der Waals surface area (Å²) in [5.74, 6) is 0.361. The van der Waals surface area contributed by atoms with Gasteiger partial charge in [-0.2, -0.15) is 0 Å². The molecule has 1 saturated heterocycles. The second kappa shape index (κ2) is 12.4. The fraction of sp³-hybridized carbons (Fsp3) is 0.500. The highest BCUT2D eigenvalue weighted by atomic mass is 16.2. The minimum atomic E-state index is -0.0867. The van der Waals surface area contributed by atoms with Crippen LogP contribution in [0.1, 0.15) is 68.8 Å². The molecular formula is C28H39N3O2. The van der Waals surface area contributed by atoms with E-state index in [2.05, 4.69) is 43.1 Å². The zero-order chi connectivity index (χ0) is 23.6. The molecule has 1 aliphatic heterocycles. The minimum Gasteiger partial charge on any atom is -0.368 e. The van der Waals surface area contributed by atoms with Crippen molar-refractivity contribution in [2.45, 2.75) is 59.3 Å². The van der Waals surface area contributed by atoms with Crippen LogP contribution in [0.4, 0.5) is 11.4 Å². The van der Waals surface area contributed by atoms with Crippen molar-refractivity contribution in [2.75, 3.05) is 36.4 Å². The summed E-state index contributed by atoms with van der Waals surface area (Å²) in [4.78, 5) is 29.5. The van der Waals surface area contributed by atoms with Crippen LogP contribution in [-0.2, 0) is 11.2 Å². The van der Waals surface area contributed by atoms with E-state index < -0.39 is 0 Å². The number of aryl methyl sites for hydroxylation is 1. The molecule has 1 N–H and O–H groups in total. The summed E-state index contributed by atoms with van der Waals surface area (Å²) < 4.78 is 0. The Morgan fingerprint density at radius 1 is 0.848 bits per heavy atom. The second-order valence-electron chi connectivity index (χ2n) is 8.98. The Hall–Kier alpha value is -2.82. The maximum absolute atomic E-state index is 12.6. The number of carbonyl (C=O) groups excluding carboxylic acids is 2. The van der Waals surface area contributed by atoms with Gasteiger partial charge >= 0.3 is 0 Å². The van der Waals surface area contributed by atoms with Crippen molar-refractivity contribution in [2.24, 2.45) is 5.92 Å². The quantitative estimate of drug-likeness (QED) is 0.470. The van der Waals surface area contributed by atoms with Crippen molar-refractivity contribution in [3.8, 4) is 0 Å². The van der Waals surface area contributed by atoms with Gasteiger partial charge in [-0.15, -0.1) is 0 Å². The normalized spacial score (nSPS) is 13.9. The van der Waals surface area contributed by atoms with Gasteiger partial charge in [0, 0.05) is 49.0 Å². The lowest BCUT2D eigenvalue weighted by Crippen LogP contribution is -2.50. The van der Waals surface area contributed by atoms with Crippen molar-refractivity contribution in [3.63, 3.8) is 0 Å². The topological polar surface area (TPSA) is 52.7 Å². The monoisotopic (exact) mass is 449 g/mol. The summed E-state index contributed by atoms with van der Waals surface area (Å²) in [6, 6.07) is 15.9. The van der Waals surface area contributed by atoms with Crippen LogP contribution in [0.3, 0.4) is 0 Å². The van der Waals surface area contributed by atoms with Crippen LogP contribution in [0, 0.1) is 5.92 Å². The van der Waals surface area contributed by atoms with Gasteiger partial charge in [0.2, 0.25) is 5.91 Å². The zero-order valence-corrected chi connectivity index (χ0v) is 20.5. The van der Waals surface area contributed by atoms with Crippen LogP contribution in [0.25, 0.3) is 0 Å². The molecule has 0 spiro atoms. The Labute approximate surface area is 199 Å². The number of hydrogen-bond acceptors (Lipinski definition) is 3. The van der Waals surface area contributed by atoms with Crippen molar-refractivity contribution in [3.05, 3.63) is 59.7 Å². The third kappa shape index (κ3) is 6.83. The first-order valence-electron chi connectivity index (χ1n) is 12.6. The van der Waals surface area contributed by atoms with Crippen molar-refractivity contribution in [1.29, 1.82) is 0 Å². The summed E-state index contributed by atoms with van der Waals surface area (Å²) in [5, 5.41) is 3.00. The van der Waals surface area contributed by atoms with Crippen LogP contribution in [0.2, 0.25) is 0 Å². The molecule has 2 amide bonds. The lowest BCUT2D eigenvalue weighted by molar-refractivity contribution is -0.136. The van der Waals surface area contributed by atoms with Gasteiger partial charge in [0.25, 0.3) is 5.91 Å². The van der Waals surface area contributed by atoms with Crippen LogP contribution in [0.5, 0.6) is 0 Å². The number of nitrogens with zero attached hydrogens (tertiary/aromatic N) is 2. The van der Waals surface area contributed by atoms with Gasteiger partial charge in [-0.25, -0.2) is 0 Å². The number of piperazine rings is 1. The summed E-state index contributed by atoms with van der Waals surface area (Å²) in [6.45, 7) is 9.59. The molecule has 0 unspecified atom stereocenters. The van der Waals surface area contributed by atoms with Gasteiger partial charge in [-0.1, -0.05) is 45.7 Å². The van der Waals surface area contributed by atoms with Gasteiger partial charge in [-0.3, -0.25) is 9.59 Å². The van der Waals surface area contributed by atoms with Gasteiger partial charge in [-0.05, 0) is 67.6 Å². The maximum Gasteiger partial charge on any atom is 0.255 e. The highest BCUT2D eigenvalue weighted by Gasteiger charge is 2.25. The number of unbranched alkanes of at least 4 members (excludes halogenated alkanes) is 2. The average molecular weight is 450 g/mol. The zero-order valence-electron chi connectivity index (χ0n) is 20.5. The van der Waals surface area contributed by atoms with Gasteiger partial charge in [0.1, 0.15) is 0 Å². The number of benzene rings is 2. The molecule has 2 aromatic carbocycles. The fourth-order valence-electron chi connectivity index (χ4n) is 4.44. The summed E-state index contributed by atoms with van der Waals surface area (Å²) >= 11 is 0. The lowest BCUT2D eigenvalue weighted by Gasteiger charge is -2.37. The molecule has 3 rings (SSSR count). The smallest absolute Gasteiger partial charge is 0.255 e. The average Bonchev–Trinajstić information content (AvgIpc) is 2.86. The Morgan fingerprint density at radius 2 is 1.48 bits per heavy atom. The first kappa shape index (κ1) is 24.8. The van der Waals surface area contributed by atoms with Crippen LogP contribution >= 0.6 is 0 Å². The predicted octanol–water partition coefficient (Wildman–Crippen LogP) is 5.76. The van der Waals surface area contributed by atoms with Crippen molar-refractivity contribution < 1.29 is 9.59 Å². The van der Waals surface area contributed by atoms with E-state index in [1.165, 1.54) is 24.8 Å². The van der Waals surface area contributed by atoms with E-state index in [0.29, 0.717) is 11.5 Å². The molecule has 0 saturated carbocycles. The van der Waals surface area contributed by atoms with Crippen LogP contribution in [-0.4, -0.2) is 42.9 Å². The number of carbonyl (C=O) groups is 2. The fourth-order valence-corrected chi connectivity index (χ4v) is 4.44. The molecule has 1 fully saturated rings. The third-order valence-corrected chi connectivity index (χ3v) is 6.70. The largest absolute Gasteiger partial charge is 0.368 e. The molecule has 5 nitrogen and oxygen atoms in total. The van der Waals surface area contributed by atoms with Crippen molar-refractivity contribution in [1.82, 2.24) is 4.90 Å². The van der Waals surface area contributed by atoms with E-state index in [0.717, 1.165) is 56.8 Å². The van der Waals surface area contributed by atoms with E-state index in [-0.39, 0.29) is 11.8 Å². The molecule has 0 atom stereocenters. The first-order valence-corrected chi connectivity index (χ1v) is 12.6. The summed E-state index contributed by atoms with van der Waals surface area (Å²) in [6.07, 6.45) is 6.53. The molecule has 0 aromatic heterocycles. The van der Waals surface area contributed by atoms with E-state index in [4.69, 9.17) is 0 Å². The Balaban J connectivity index is 1.50. The van der Waals surface area contributed by atoms with E-state index >= 15 is 0 Å². The van der Waals surface area contributed by atoms with Gasteiger partial charge in [0.05, 0.1) is 0 Å². The highest BCUT2D eigenvalue weighted by Crippen LogP contribution is 2.21. The number of hydrogen-bond donors (Lipinski definition) is 1. The Bertz CT molecular complexity index is 880. The number of nitrogens with one attached hydrogen (secondary N) is 1. The van der Waals surface area contributed by atoms with E-state index in [1.54, 1.807) is 0 Å². The SMILES string of the molecule is CCCCCc1ccc(C(=O)Nc2ccc(N3CCN(C(=O)C(CC)CC)CC3)cc2)cc1. The molecule has 5 heteroatoms. The predicted molar refractivity (Wildman–Crippen MR) is 137 cm³/mol. The molecule has 0 bridgehead atoms. The van der Waals surface area contributed by atoms with Crippen LogP contribution < -0.4 is 10.2 Å². The molecule has 1 aliphatic rings. The van der Waals surface area contributed by atoms with Gasteiger partial charge in [0.15, 0.2) is 0 Å². The lowest BCUT2D eigenvalue weighted by atomic mass is 10.0. The Kier molecular flexibility index (Phi) is 9.35. The molecule has 1 heterocycles. The first-order chi connectivity index (χ1) is 16.0. The van der Waals surface area contributed by atoms with Crippen LogP contribution in [0.15, 0.2) is 48.5 Å². The Morgan fingerprint density at radius 3 is 2.06 bits per heavy atom. The molecule has 0 radical (unpaired) electrons. The third-order valence-electron chi connectivity index (χ3n) is 6.70. The van der Waals surface area contributed by atoms with Gasteiger partial charge < -0.3 is 15.1 Å². The molecule has 0 aliphatic carbocycles. The molecular weight excluding hydrogens is 410 g/mol. The van der Waals surface area contributed by atoms with E-state index in [1.807, 2.05) is 41.3 Å². The number of anilines is 2. The standard InChI is InChI=1S/C28H39N3O2/c1-4-7-8-9-22-10-12-24(13-11-22)27(32)29-25-14-16-26(17-15-25)30-18-20-31(21-19-30)28(33)23(5-2)6-3/h10-17,23H,4-9,18-21H2,1-3H3,(H,29,32). The van der Waals surface area contributed by atoms with E-state index in [9.17, 15) is 9.59 Å². The highest BCUT2D eigenvalue weighted by molar-refractivity contribution is 6.04. The molecule has 2 aromatic rings.